The molecular weight excluding hydrogens is 316 g/mol. The molecule has 19 heavy (non-hydrogen) atoms. The molecule has 1 unspecified atom stereocenters. The van der Waals surface area contributed by atoms with Gasteiger partial charge < -0.3 is 9.84 Å². The van der Waals surface area contributed by atoms with Crippen LogP contribution in [0.2, 0.25) is 0 Å². The van der Waals surface area contributed by atoms with Crippen molar-refractivity contribution in [3.05, 3.63) is 34.9 Å². The van der Waals surface area contributed by atoms with Crippen LogP contribution >= 0.6 is 15.9 Å². The van der Waals surface area contributed by atoms with Gasteiger partial charge in [-0.2, -0.15) is 0 Å². The zero-order valence-electron chi connectivity index (χ0n) is 10.5. The van der Waals surface area contributed by atoms with Gasteiger partial charge in [-0.15, -0.1) is 0 Å². The molecule has 0 aromatic heterocycles. The van der Waals surface area contributed by atoms with Gasteiger partial charge in [0, 0.05) is 0 Å². The summed E-state index contributed by atoms with van der Waals surface area (Å²) in [5.74, 6) is -1.96. The lowest BCUT2D eigenvalue weighted by Crippen LogP contribution is -2.12. The van der Waals surface area contributed by atoms with E-state index in [0.29, 0.717) is 0 Å². The molecule has 0 aliphatic carbocycles. The minimum absolute atomic E-state index is 0.0230. The highest BCUT2D eigenvalue weighted by atomic mass is 79.9. The molecule has 1 aromatic rings. The first-order chi connectivity index (χ1) is 8.88. The smallest absolute Gasteiger partial charge is 0.338 e. The van der Waals surface area contributed by atoms with Crippen LogP contribution < -0.4 is 0 Å². The molecule has 0 spiro atoms. The maximum absolute atomic E-state index is 11.6. The molecule has 102 valence electrons. The fourth-order valence-corrected chi connectivity index (χ4v) is 1.91. The summed E-state index contributed by atoms with van der Waals surface area (Å²) in [6.45, 7) is 3.23. The van der Waals surface area contributed by atoms with Crippen molar-refractivity contribution in [3.8, 4) is 0 Å². The van der Waals surface area contributed by atoms with E-state index >= 15 is 0 Å². The molecule has 0 radical (unpaired) electrons. The Morgan fingerprint density at radius 1 is 1.37 bits per heavy atom. The number of carbonyl (C=O) groups is 3. The number of benzene rings is 1. The van der Waals surface area contributed by atoms with Crippen molar-refractivity contribution in [1.29, 1.82) is 0 Å². The summed E-state index contributed by atoms with van der Waals surface area (Å²) < 4.78 is 4.84. The van der Waals surface area contributed by atoms with Gasteiger partial charge in [-0.25, -0.2) is 9.59 Å². The van der Waals surface area contributed by atoms with Crippen LogP contribution in [0.15, 0.2) is 18.2 Å². The monoisotopic (exact) mass is 328 g/mol. The average molecular weight is 329 g/mol. The predicted octanol–water partition coefficient (Wildman–Crippen LogP) is 2.59. The number of carbonyl (C=O) groups excluding carboxylic acids is 2. The average Bonchev–Trinajstić information content (AvgIpc) is 2.37. The Labute approximate surface area is 118 Å². The Kier molecular flexibility index (Phi) is 5.23. The predicted molar refractivity (Wildman–Crippen MR) is 71.7 cm³/mol. The summed E-state index contributed by atoms with van der Waals surface area (Å²) in [6.07, 6.45) is 0. The molecule has 0 saturated heterocycles. The minimum atomic E-state index is -1.16. The summed E-state index contributed by atoms with van der Waals surface area (Å²) in [5, 5.41) is 9.08. The topological polar surface area (TPSA) is 80.7 Å². The number of hydrogen-bond donors (Lipinski definition) is 1. The maximum Gasteiger partial charge on any atom is 0.338 e. The van der Waals surface area contributed by atoms with Gasteiger partial charge in [0.25, 0.3) is 0 Å². The second-order valence-corrected chi connectivity index (χ2v) is 4.72. The van der Waals surface area contributed by atoms with E-state index in [2.05, 4.69) is 15.9 Å². The third kappa shape index (κ3) is 3.64. The van der Waals surface area contributed by atoms with E-state index in [0.717, 1.165) is 0 Å². The lowest BCUT2D eigenvalue weighted by atomic mass is 9.99. The second-order valence-electron chi connectivity index (χ2n) is 3.80. The SMILES string of the molecule is CCOC(=O)c1ccc(C(=O)O)c(C(Br)C(C)=O)c1. The number of halogens is 1. The molecule has 1 atom stereocenters. The maximum atomic E-state index is 11.6. The van der Waals surface area contributed by atoms with Crippen LogP contribution in [0.1, 0.15) is 45.0 Å². The molecule has 0 aliphatic heterocycles. The molecule has 0 aliphatic rings. The molecule has 0 heterocycles. The number of ether oxygens (including phenoxy) is 1. The molecule has 0 amide bonds. The van der Waals surface area contributed by atoms with Gasteiger partial charge in [0.2, 0.25) is 0 Å². The molecule has 1 N–H and O–H groups in total. The summed E-state index contributed by atoms with van der Waals surface area (Å²) in [6, 6.07) is 4.02. The quantitative estimate of drug-likeness (QED) is 0.663. The van der Waals surface area contributed by atoms with Gasteiger partial charge in [0.15, 0.2) is 0 Å². The number of rotatable bonds is 5. The van der Waals surface area contributed by atoms with Gasteiger partial charge in [-0.3, -0.25) is 4.79 Å². The van der Waals surface area contributed by atoms with Crippen molar-refractivity contribution in [2.45, 2.75) is 18.7 Å². The van der Waals surface area contributed by atoms with Gasteiger partial charge in [0.1, 0.15) is 5.78 Å². The van der Waals surface area contributed by atoms with E-state index in [1.54, 1.807) is 6.92 Å². The highest BCUT2D eigenvalue weighted by Gasteiger charge is 2.22. The number of carboxylic acids is 1. The van der Waals surface area contributed by atoms with Crippen LogP contribution in [0.5, 0.6) is 0 Å². The van der Waals surface area contributed by atoms with Crippen LogP contribution in [-0.2, 0) is 9.53 Å². The number of alkyl halides is 1. The van der Waals surface area contributed by atoms with E-state index in [-0.39, 0.29) is 29.1 Å². The van der Waals surface area contributed by atoms with Crippen molar-refractivity contribution in [1.82, 2.24) is 0 Å². The van der Waals surface area contributed by atoms with Crippen LogP contribution in [0.25, 0.3) is 0 Å². The fraction of sp³-hybridized carbons (Fsp3) is 0.308. The zero-order chi connectivity index (χ0) is 14.6. The third-order valence-corrected chi connectivity index (χ3v) is 3.56. The molecule has 1 aromatic carbocycles. The third-order valence-electron chi connectivity index (χ3n) is 2.42. The first kappa shape index (κ1) is 15.4. The van der Waals surface area contributed by atoms with Crippen molar-refractivity contribution < 1.29 is 24.2 Å². The van der Waals surface area contributed by atoms with Gasteiger partial charge >= 0.3 is 11.9 Å². The number of Topliss-reactive ketones (excluding diaryl/α,β-unsaturated/α-hetero) is 1. The lowest BCUT2D eigenvalue weighted by Gasteiger charge is -2.12. The summed E-state index contributed by atoms with van der Waals surface area (Å²) in [7, 11) is 0. The first-order valence-corrected chi connectivity index (χ1v) is 6.49. The Morgan fingerprint density at radius 3 is 2.47 bits per heavy atom. The molecule has 0 fully saturated rings. The highest BCUT2D eigenvalue weighted by molar-refractivity contribution is 9.09. The number of carboxylic acid groups (broad SMARTS) is 1. The summed E-state index contributed by atoms with van der Waals surface area (Å²) in [4.78, 5) is 33.3. The molecule has 5 nitrogen and oxygen atoms in total. The number of aromatic carboxylic acids is 1. The van der Waals surface area contributed by atoms with Crippen molar-refractivity contribution >= 4 is 33.7 Å². The second kappa shape index (κ2) is 6.47. The van der Waals surface area contributed by atoms with Crippen LogP contribution in [0.3, 0.4) is 0 Å². The highest BCUT2D eigenvalue weighted by Crippen LogP contribution is 2.28. The van der Waals surface area contributed by atoms with Crippen LogP contribution in [0.4, 0.5) is 0 Å². The molecule has 1 rings (SSSR count). The van der Waals surface area contributed by atoms with Crippen LogP contribution in [0, 0.1) is 0 Å². The zero-order valence-corrected chi connectivity index (χ0v) is 12.1. The fourth-order valence-electron chi connectivity index (χ4n) is 1.53. The van der Waals surface area contributed by atoms with Crippen molar-refractivity contribution in [2.24, 2.45) is 0 Å². The number of hydrogen-bond acceptors (Lipinski definition) is 4. The molecule has 6 heteroatoms. The van der Waals surface area contributed by atoms with E-state index in [1.165, 1.54) is 25.1 Å². The largest absolute Gasteiger partial charge is 0.478 e. The standard InChI is InChI=1S/C13H13BrO5/c1-3-19-13(18)8-4-5-9(12(16)17)10(6-8)11(14)7(2)15/h4-6,11H,3H2,1-2H3,(H,16,17). The van der Waals surface area contributed by atoms with E-state index in [9.17, 15) is 14.4 Å². The Balaban J connectivity index is 3.29. The minimum Gasteiger partial charge on any atom is -0.478 e. The Hall–Kier alpha value is -1.69. The van der Waals surface area contributed by atoms with Gasteiger partial charge in [-0.05, 0) is 37.6 Å². The lowest BCUT2D eigenvalue weighted by molar-refractivity contribution is -0.116. The van der Waals surface area contributed by atoms with Crippen LogP contribution in [-0.4, -0.2) is 29.4 Å². The Bertz CT molecular complexity index is 524. The van der Waals surface area contributed by atoms with Crippen molar-refractivity contribution in [3.63, 3.8) is 0 Å². The van der Waals surface area contributed by atoms with E-state index in [4.69, 9.17) is 9.84 Å². The summed E-state index contributed by atoms with van der Waals surface area (Å²) >= 11 is 3.13. The number of esters is 1. The van der Waals surface area contributed by atoms with E-state index < -0.39 is 16.8 Å². The van der Waals surface area contributed by atoms with Gasteiger partial charge in [0.05, 0.1) is 22.6 Å². The first-order valence-electron chi connectivity index (χ1n) is 5.57. The molecular formula is C13H13BrO5. The molecule has 0 saturated carbocycles. The molecule has 0 bridgehead atoms. The van der Waals surface area contributed by atoms with Crippen molar-refractivity contribution in [2.75, 3.05) is 6.61 Å². The number of ketones is 1. The van der Waals surface area contributed by atoms with Gasteiger partial charge in [-0.1, -0.05) is 15.9 Å². The summed E-state index contributed by atoms with van der Waals surface area (Å²) in [5.41, 5.74) is 0.434. The Morgan fingerprint density at radius 2 is 2.00 bits per heavy atom. The van der Waals surface area contributed by atoms with E-state index in [1.807, 2.05) is 0 Å². The normalized spacial score (nSPS) is 11.7.